The average Bonchev–Trinajstić information content (AvgIpc) is 2.64. The summed E-state index contributed by atoms with van der Waals surface area (Å²) in [5.41, 5.74) is 11.9. The van der Waals surface area contributed by atoms with Gasteiger partial charge in [0.1, 0.15) is 12.1 Å². The van der Waals surface area contributed by atoms with Gasteiger partial charge in [-0.3, -0.25) is 14.4 Å². The molecule has 0 aliphatic rings. The minimum absolute atomic E-state index is 0.282. The van der Waals surface area contributed by atoms with E-state index in [0.717, 1.165) is 5.56 Å². The summed E-state index contributed by atoms with van der Waals surface area (Å²) in [6.07, 6.45) is 0.302. The van der Waals surface area contributed by atoms with Crippen LogP contribution in [0.15, 0.2) is 30.3 Å². The molecule has 0 aliphatic heterocycles. The number of benzene rings is 1. The quantitative estimate of drug-likeness (QED) is 0.342. The van der Waals surface area contributed by atoms with Crippen LogP contribution in [0.5, 0.6) is 0 Å². The molecule has 0 heterocycles. The molecular weight excluding hydrogens is 364 g/mol. The van der Waals surface area contributed by atoms with Crippen LogP contribution in [0, 0.1) is 5.92 Å². The Morgan fingerprint density at radius 2 is 1.68 bits per heavy atom. The van der Waals surface area contributed by atoms with Gasteiger partial charge in [0, 0.05) is 0 Å². The van der Waals surface area contributed by atoms with Gasteiger partial charge in [-0.25, -0.2) is 4.79 Å². The minimum atomic E-state index is -1.47. The van der Waals surface area contributed by atoms with E-state index in [1.807, 2.05) is 37.3 Å². The van der Waals surface area contributed by atoms with Crippen molar-refractivity contribution < 1.29 is 24.3 Å². The highest BCUT2D eigenvalue weighted by atomic mass is 16.4. The first-order valence-electron chi connectivity index (χ1n) is 9.07. The summed E-state index contributed by atoms with van der Waals surface area (Å²) < 4.78 is 0. The van der Waals surface area contributed by atoms with Crippen LogP contribution < -0.4 is 22.1 Å². The van der Waals surface area contributed by atoms with Gasteiger partial charge in [-0.2, -0.15) is 0 Å². The molecule has 0 bridgehead atoms. The summed E-state index contributed by atoms with van der Waals surface area (Å²) in [6.45, 7) is 3.58. The summed E-state index contributed by atoms with van der Waals surface area (Å²) in [5, 5.41) is 14.0. The summed E-state index contributed by atoms with van der Waals surface area (Å²) in [6, 6.07) is 5.87. The maximum atomic E-state index is 12.6. The third-order valence-electron chi connectivity index (χ3n) is 4.45. The van der Waals surface area contributed by atoms with Crippen molar-refractivity contribution in [2.24, 2.45) is 17.4 Å². The van der Waals surface area contributed by atoms with E-state index in [1.165, 1.54) is 0 Å². The molecule has 154 valence electrons. The molecule has 1 rings (SSSR count). The number of carboxylic acid groups (broad SMARTS) is 1. The van der Waals surface area contributed by atoms with E-state index < -0.39 is 48.2 Å². The Bertz CT molecular complexity index is 695. The molecule has 9 heteroatoms. The van der Waals surface area contributed by atoms with Crippen molar-refractivity contribution in [1.29, 1.82) is 0 Å². The zero-order valence-corrected chi connectivity index (χ0v) is 16.1. The average molecular weight is 392 g/mol. The van der Waals surface area contributed by atoms with Gasteiger partial charge in [0.15, 0.2) is 0 Å². The van der Waals surface area contributed by atoms with Crippen molar-refractivity contribution in [3.05, 3.63) is 35.9 Å². The highest BCUT2D eigenvalue weighted by Crippen LogP contribution is 2.10. The standard InChI is InChI=1S/C19H28N4O5/c1-3-11(2)16(18(26)22-14(19(27)28)10-15(21)24)23-17(25)13(20)9-12-7-5-4-6-8-12/h4-8,11,13-14,16H,3,9-10,20H2,1-2H3,(H2,21,24)(H,22,26)(H,23,25)(H,27,28). The van der Waals surface area contributed by atoms with Crippen LogP contribution in [0.4, 0.5) is 0 Å². The number of carbonyl (C=O) groups excluding carboxylic acids is 3. The van der Waals surface area contributed by atoms with E-state index in [9.17, 15) is 19.2 Å². The SMILES string of the molecule is CCC(C)C(NC(=O)C(N)Cc1ccccc1)C(=O)NC(CC(N)=O)C(=O)O. The molecule has 0 fully saturated rings. The Balaban J connectivity index is 2.83. The first-order chi connectivity index (χ1) is 13.1. The lowest BCUT2D eigenvalue weighted by molar-refractivity contribution is -0.144. The van der Waals surface area contributed by atoms with Crippen molar-refractivity contribution >= 4 is 23.7 Å². The molecule has 1 aromatic carbocycles. The van der Waals surface area contributed by atoms with Crippen molar-refractivity contribution in [1.82, 2.24) is 10.6 Å². The Kier molecular flexibility index (Phi) is 9.10. The van der Waals surface area contributed by atoms with Crippen molar-refractivity contribution in [3.63, 3.8) is 0 Å². The first-order valence-corrected chi connectivity index (χ1v) is 9.07. The van der Waals surface area contributed by atoms with Gasteiger partial charge in [0.2, 0.25) is 17.7 Å². The molecule has 0 saturated heterocycles. The van der Waals surface area contributed by atoms with E-state index in [-0.39, 0.29) is 5.92 Å². The van der Waals surface area contributed by atoms with Gasteiger partial charge in [0.25, 0.3) is 0 Å². The third kappa shape index (κ3) is 7.36. The number of carbonyl (C=O) groups is 4. The van der Waals surface area contributed by atoms with Crippen LogP contribution in [0.1, 0.15) is 32.3 Å². The number of amides is 3. The molecule has 4 atom stereocenters. The lowest BCUT2D eigenvalue weighted by atomic mass is 9.96. The normalized spacial score (nSPS) is 15.0. The molecule has 0 aromatic heterocycles. The van der Waals surface area contributed by atoms with Crippen LogP contribution in [0.2, 0.25) is 0 Å². The fraction of sp³-hybridized carbons (Fsp3) is 0.474. The second-order valence-corrected chi connectivity index (χ2v) is 6.74. The number of primary amides is 1. The fourth-order valence-electron chi connectivity index (χ4n) is 2.59. The summed E-state index contributed by atoms with van der Waals surface area (Å²) in [7, 11) is 0. The molecule has 4 unspecified atom stereocenters. The Morgan fingerprint density at radius 3 is 2.18 bits per heavy atom. The molecule has 0 saturated carbocycles. The van der Waals surface area contributed by atoms with Crippen LogP contribution in [0.25, 0.3) is 0 Å². The third-order valence-corrected chi connectivity index (χ3v) is 4.45. The van der Waals surface area contributed by atoms with Crippen LogP contribution in [-0.2, 0) is 25.6 Å². The van der Waals surface area contributed by atoms with E-state index >= 15 is 0 Å². The van der Waals surface area contributed by atoms with Gasteiger partial charge in [-0.15, -0.1) is 0 Å². The largest absolute Gasteiger partial charge is 0.480 e. The number of aliphatic carboxylic acids is 1. The topological polar surface area (TPSA) is 165 Å². The molecule has 3 amide bonds. The lowest BCUT2D eigenvalue weighted by Crippen LogP contribution is -2.57. The highest BCUT2D eigenvalue weighted by molar-refractivity contribution is 5.93. The zero-order chi connectivity index (χ0) is 21.3. The second-order valence-electron chi connectivity index (χ2n) is 6.74. The number of hydrogen-bond acceptors (Lipinski definition) is 5. The van der Waals surface area contributed by atoms with Crippen molar-refractivity contribution in [3.8, 4) is 0 Å². The molecule has 7 N–H and O–H groups in total. The van der Waals surface area contributed by atoms with Crippen molar-refractivity contribution in [2.45, 2.75) is 51.2 Å². The molecule has 0 radical (unpaired) electrons. The van der Waals surface area contributed by atoms with E-state index in [2.05, 4.69) is 10.6 Å². The lowest BCUT2D eigenvalue weighted by Gasteiger charge is -2.26. The van der Waals surface area contributed by atoms with Crippen LogP contribution >= 0.6 is 0 Å². The molecular formula is C19H28N4O5. The molecule has 1 aromatic rings. The molecule has 9 nitrogen and oxygen atoms in total. The number of rotatable bonds is 11. The van der Waals surface area contributed by atoms with Crippen LogP contribution in [-0.4, -0.2) is 46.9 Å². The summed E-state index contributed by atoms with van der Waals surface area (Å²) >= 11 is 0. The molecule has 28 heavy (non-hydrogen) atoms. The Hall–Kier alpha value is -2.94. The van der Waals surface area contributed by atoms with E-state index in [0.29, 0.717) is 12.8 Å². The summed E-state index contributed by atoms with van der Waals surface area (Å²) in [4.78, 5) is 47.3. The van der Waals surface area contributed by atoms with Crippen LogP contribution in [0.3, 0.4) is 0 Å². The predicted octanol–water partition coefficient (Wildman–Crippen LogP) is -0.468. The van der Waals surface area contributed by atoms with Gasteiger partial charge in [-0.05, 0) is 17.9 Å². The molecule has 0 aliphatic carbocycles. The fourth-order valence-corrected chi connectivity index (χ4v) is 2.59. The highest BCUT2D eigenvalue weighted by Gasteiger charge is 2.31. The smallest absolute Gasteiger partial charge is 0.326 e. The number of hydrogen-bond donors (Lipinski definition) is 5. The Labute approximate surface area is 163 Å². The van der Waals surface area contributed by atoms with Gasteiger partial charge in [-0.1, -0.05) is 50.6 Å². The number of nitrogens with two attached hydrogens (primary N) is 2. The first kappa shape index (κ1) is 23.1. The van der Waals surface area contributed by atoms with Crippen molar-refractivity contribution in [2.75, 3.05) is 0 Å². The second kappa shape index (κ2) is 11.0. The van der Waals surface area contributed by atoms with Gasteiger partial charge >= 0.3 is 5.97 Å². The number of carboxylic acids is 1. The zero-order valence-electron chi connectivity index (χ0n) is 16.1. The summed E-state index contributed by atoms with van der Waals surface area (Å²) in [5.74, 6) is -3.76. The van der Waals surface area contributed by atoms with Gasteiger partial charge in [0.05, 0.1) is 12.5 Å². The van der Waals surface area contributed by atoms with E-state index in [4.69, 9.17) is 16.6 Å². The monoisotopic (exact) mass is 392 g/mol. The molecule has 0 spiro atoms. The maximum Gasteiger partial charge on any atom is 0.326 e. The minimum Gasteiger partial charge on any atom is -0.480 e. The van der Waals surface area contributed by atoms with E-state index in [1.54, 1.807) is 6.92 Å². The van der Waals surface area contributed by atoms with Gasteiger partial charge < -0.3 is 27.2 Å². The predicted molar refractivity (Wildman–Crippen MR) is 103 cm³/mol. The Morgan fingerprint density at radius 1 is 1.07 bits per heavy atom. The maximum absolute atomic E-state index is 12.6. The number of nitrogens with one attached hydrogen (secondary N) is 2.